The van der Waals surface area contributed by atoms with E-state index in [1.807, 2.05) is 13.0 Å². The van der Waals surface area contributed by atoms with Crippen molar-refractivity contribution in [1.29, 1.82) is 0 Å². The van der Waals surface area contributed by atoms with Crippen molar-refractivity contribution in [1.82, 2.24) is 15.5 Å². The molecule has 2 rings (SSSR count). The Morgan fingerprint density at radius 1 is 1.40 bits per heavy atom. The molecule has 1 saturated heterocycles. The minimum absolute atomic E-state index is 0. The summed E-state index contributed by atoms with van der Waals surface area (Å²) in [7, 11) is 0. The maximum Gasteiger partial charge on any atom is 0.191 e. The Morgan fingerprint density at radius 3 is 2.60 bits per heavy atom. The number of likely N-dealkylation sites (tertiary alicyclic amines) is 1. The number of nitrogens with one attached hydrogen (secondary N) is 2. The fraction of sp³-hybridized carbons (Fsp3) is 0.706. The van der Waals surface area contributed by atoms with Gasteiger partial charge in [-0.05, 0) is 45.7 Å². The third-order valence-corrected chi connectivity index (χ3v) is 5.62. The van der Waals surface area contributed by atoms with Gasteiger partial charge >= 0.3 is 0 Å². The van der Waals surface area contributed by atoms with Crippen molar-refractivity contribution in [2.24, 2.45) is 4.99 Å². The molecule has 0 bridgehead atoms. The van der Waals surface area contributed by atoms with E-state index in [4.69, 9.17) is 11.6 Å². The van der Waals surface area contributed by atoms with E-state index in [0.717, 1.165) is 43.3 Å². The Morgan fingerprint density at radius 2 is 2.08 bits per heavy atom. The van der Waals surface area contributed by atoms with Crippen LogP contribution in [0.25, 0.3) is 0 Å². The van der Waals surface area contributed by atoms with Crippen molar-refractivity contribution in [2.75, 3.05) is 26.2 Å². The Bertz CT molecular complexity index is 532. The normalized spacial score (nSPS) is 18.1. The highest BCUT2D eigenvalue weighted by Gasteiger charge is 2.21. The summed E-state index contributed by atoms with van der Waals surface area (Å²) in [4.78, 5) is 7.90. The van der Waals surface area contributed by atoms with Gasteiger partial charge in [-0.15, -0.1) is 35.3 Å². The van der Waals surface area contributed by atoms with Crippen LogP contribution in [0.3, 0.4) is 0 Å². The maximum atomic E-state index is 10.2. The average molecular weight is 501 g/mol. The van der Waals surface area contributed by atoms with E-state index in [2.05, 4.69) is 34.4 Å². The second kappa shape index (κ2) is 11.6. The van der Waals surface area contributed by atoms with E-state index in [-0.39, 0.29) is 24.0 Å². The molecule has 8 heteroatoms. The Kier molecular flexibility index (Phi) is 10.6. The van der Waals surface area contributed by atoms with E-state index in [1.165, 1.54) is 11.3 Å². The first kappa shape index (κ1) is 23.0. The van der Waals surface area contributed by atoms with Crippen molar-refractivity contribution in [3.63, 3.8) is 0 Å². The summed E-state index contributed by atoms with van der Waals surface area (Å²) >= 11 is 7.32. The van der Waals surface area contributed by atoms with E-state index in [0.29, 0.717) is 23.0 Å². The molecule has 0 spiro atoms. The van der Waals surface area contributed by atoms with Gasteiger partial charge < -0.3 is 20.6 Å². The van der Waals surface area contributed by atoms with Gasteiger partial charge in [0.05, 0.1) is 10.9 Å². The summed E-state index contributed by atoms with van der Waals surface area (Å²) < 4.78 is 0.690. The van der Waals surface area contributed by atoms with Crippen LogP contribution in [0.1, 0.15) is 44.6 Å². The average Bonchev–Trinajstić information content (AvgIpc) is 2.99. The highest BCUT2D eigenvalue weighted by atomic mass is 127. The number of hydrogen-bond acceptors (Lipinski definition) is 4. The molecule has 0 saturated carbocycles. The quantitative estimate of drug-likeness (QED) is 0.318. The predicted molar refractivity (Wildman–Crippen MR) is 119 cm³/mol. The highest BCUT2D eigenvalue weighted by molar-refractivity contribution is 14.0. The summed E-state index contributed by atoms with van der Waals surface area (Å²) in [6.45, 7) is 9.91. The molecule has 1 unspecified atom stereocenters. The van der Waals surface area contributed by atoms with Crippen LogP contribution in [0, 0.1) is 0 Å². The molecule has 25 heavy (non-hydrogen) atoms. The summed E-state index contributed by atoms with van der Waals surface area (Å²) in [5, 5.41) is 17.0. The lowest BCUT2D eigenvalue weighted by molar-refractivity contribution is 0.167. The number of rotatable bonds is 6. The number of hydrogen-bond donors (Lipinski definition) is 3. The molecule has 0 amide bonds. The molecule has 1 aromatic heterocycles. The third-order valence-electron chi connectivity index (χ3n) is 4.29. The topological polar surface area (TPSA) is 59.9 Å². The zero-order valence-electron chi connectivity index (χ0n) is 15.2. The van der Waals surface area contributed by atoms with Gasteiger partial charge in [0.25, 0.3) is 0 Å². The molecule has 1 atom stereocenters. The third kappa shape index (κ3) is 7.58. The Hall–Kier alpha value is -0.0900. The van der Waals surface area contributed by atoms with E-state index in [9.17, 15) is 5.11 Å². The molecule has 3 N–H and O–H groups in total. The van der Waals surface area contributed by atoms with Crippen LogP contribution in [0.15, 0.2) is 17.1 Å². The summed E-state index contributed by atoms with van der Waals surface area (Å²) in [5.41, 5.74) is 0. The first-order valence-electron chi connectivity index (χ1n) is 8.71. The zero-order valence-corrected chi connectivity index (χ0v) is 19.1. The van der Waals surface area contributed by atoms with Gasteiger partial charge in [0.1, 0.15) is 6.10 Å². The molecule has 1 aliphatic heterocycles. The maximum absolute atomic E-state index is 10.2. The first-order chi connectivity index (χ1) is 11.5. The van der Waals surface area contributed by atoms with Crippen molar-refractivity contribution in [3.05, 3.63) is 21.3 Å². The molecule has 0 aliphatic carbocycles. The Balaban J connectivity index is 0.00000312. The van der Waals surface area contributed by atoms with Crippen LogP contribution in [0.2, 0.25) is 4.34 Å². The van der Waals surface area contributed by atoms with Crippen LogP contribution < -0.4 is 10.6 Å². The number of halogens is 2. The molecule has 0 radical (unpaired) electrons. The summed E-state index contributed by atoms with van der Waals surface area (Å²) in [6.07, 6.45) is 1.62. The fourth-order valence-electron chi connectivity index (χ4n) is 2.85. The number of piperidine rings is 1. The van der Waals surface area contributed by atoms with Crippen LogP contribution >= 0.6 is 46.9 Å². The van der Waals surface area contributed by atoms with E-state index in [1.54, 1.807) is 6.07 Å². The predicted octanol–water partition coefficient (Wildman–Crippen LogP) is 3.48. The molecule has 1 fully saturated rings. The van der Waals surface area contributed by atoms with Crippen molar-refractivity contribution in [2.45, 2.75) is 51.8 Å². The number of thiophene rings is 1. The second-order valence-corrected chi connectivity index (χ2v) is 8.17. The van der Waals surface area contributed by atoms with E-state index >= 15 is 0 Å². The molecule has 5 nitrogen and oxygen atoms in total. The van der Waals surface area contributed by atoms with Gasteiger partial charge in [-0.1, -0.05) is 11.6 Å². The zero-order chi connectivity index (χ0) is 17.5. The SMILES string of the molecule is CCNC(=NCC(O)c1ccc(Cl)s1)NC1CCN(C(C)C)CC1.I. The summed E-state index contributed by atoms with van der Waals surface area (Å²) in [6, 6.07) is 4.71. The number of aliphatic hydroxyl groups is 1. The van der Waals surface area contributed by atoms with Crippen LogP contribution in [0.5, 0.6) is 0 Å². The number of aliphatic hydroxyl groups excluding tert-OH is 1. The lowest BCUT2D eigenvalue weighted by Gasteiger charge is -2.35. The lowest BCUT2D eigenvalue weighted by atomic mass is 10.0. The molecule has 1 aliphatic rings. The monoisotopic (exact) mass is 500 g/mol. The highest BCUT2D eigenvalue weighted by Crippen LogP contribution is 2.26. The minimum Gasteiger partial charge on any atom is -0.386 e. The first-order valence-corrected chi connectivity index (χ1v) is 9.91. The van der Waals surface area contributed by atoms with Gasteiger partial charge in [0, 0.05) is 36.6 Å². The van der Waals surface area contributed by atoms with Gasteiger partial charge in [-0.25, -0.2) is 0 Å². The van der Waals surface area contributed by atoms with Crippen LogP contribution in [-0.2, 0) is 0 Å². The minimum atomic E-state index is -0.610. The smallest absolute Gasteiger partial charge is 0.191 e. The number of nitrogens with zero attached hydrogens (tertiary/aromatic N) is 2. The van der Waals surface area contributed by atoms with Crippen LogP contribution in [0.4, 0.5) is 0 Å². The summed E-state index contributed by atoms with van der Waals surface area (Å²) in [5.74, 6) is 0.780. The second-order valence-electron chi connectivity index (χ2n) is 6.43. The van der Waals surface area contributed by atoms with Gasteiger partial charge in [-0.2, -0.15) is 0 Å². The van der Waals surface area contributed by atoms with Crippen molar-refractivity contribution in [3.8, 4) is 0 Å². The van der Waals surface area contributed by atoms with Gasteiger partial charge in [-0.3, -0.25) is 4.99 Å². The molecule has 0 aromatic carbocycles. The van der Waals surface area contributed by atoms with Crippen molar-refractivity contribution >= 4 is 52.9 Å². The van der Waals surface area contributed by atoms with Gasteiger partial charge in [0.2, 0.25) is 0 Å². The lowest BCUT2D eigenvalue weighted by Crippen LogP contribution is -2.50. The molecule has 1 aromatic rings. The van der Waals surface area contributed by atoms with Gasteiger partial charge in [0.15, 0.2) is 5.96 Å². The molecular weight excluding hydrogens is 471 g/mol. The Labute approximate surface area is 177 Å². The molecular formula is C17H30ClIN4OS. The standard InChI is InChI=1S/C17H29ClN4OS.HI/c1-4-19-17(20-11-14(23)15-5-6-16(18)24-15)21-13-7-9-22(10-8-13)12(2)3;/h5-6,12-14,23H,4,7-11H2,1-3H3,(H2,19,20,21);1H. The van der Waals surface area contributed by atoms with E-state index < -0.39 is 6.10 Å². The number of guanidine groups is 1. The van der Waals surface area contributed by atoms with Crippen LogP contribution in [-0.4, -0.2) is 54.2 Å². The fourth-order valence-corrected chi connectivity index (χ4v) is 3.89. The molecule has 144 valence electrons. The largest absolute Gasteiger partial charge is 0.386 e. The number of aliphatic imine (C=N–C) groups is 1. The molecule has 2 heterocycles. The van der Waals surface area contributed by atoms with Crippen molar-refractivity contribution < 1.29 is 5.11 Å².